The molecule has 1 nitrogen and oxygen atoms in total. The average molecular weight is 324 g/mol. The van der Waals surface area contributed by atoms with E-state index in [4.69, 9.17) is 5.26 Å². The van der Waals surface area contributed by atoms with E-state index < -0.39 is 0 Å². The Bertz CT molecular complexity index is 512. The zero-order chi connectivity index (χ0) is 17.0. The van der Waals surface area contributed by atoms with Crippen LogP contribution in [-0.2, 0) is 12.8 Å². The molecule has 1 aromatic rings. The number of hydrogen-bond donors (Lipinski definition) is 0. The molecule has 0 N–H and O–H groups in total. The molecule has 0 spiro atoms. The van der Waals surface area contributed by atoms with Crippen LogP contribution in [0.3, 0.4) is 0 Å². The molecule has 1 saturated carbocycles. The van der Waals surface area contributed by atoms with Crippen molar-refractivity contribution in [3.05, 3.63) is 47.5 Å². The van der Waals surface area contributed by atoms with Crippen LogP contribution in [0.2, 0.25) is 0 Å². The Morgan fingerprint density at radius 2 is 1.54 bits per heavy atom. The normalized spacial score (nSPS) is 21.0. The summed E-state index contributed by atoms with van der Waals surface area (Å²) in [4.78, 5) is 0. The Labute approximate surface area is 148 Å². The van der Waals surface area contributed by atoms with Crippen molar-refractivity contribution in [2.45, 2.75) is 77.6 Å². The van der Waals surface area contributed by atoms with Gasteiger partial charge in [-0.15, -0.1) is 0 Å². The maximum absolute atomic E-state index is 8.51. The van der Waals surface area contributed by atoms with E-state index in [1.165, 1.54) is 75.3 Å². The highest BCUT2D eigenvalue weighted by Crippen LogP contribution is 2.34. The first-order chi connectivity index (χ1) is 11.8. The van der Waals surface area contributed by atoms with Crippen molar-refractivity contribution in [1.29, 1.82) is 5.26 Å². The SMILES string of the molecule is CCCCc1ccc(CCC2CCC(CC/C=C/C#N)CC2)cc1. The van der Waals surface area contributed by atoms with Gasteiger partial charge in [-0.25, -0.2) is 0 Å². The summed E-state index contributed by atoms with van der Waals surface area (Å²) in [6.45, 7) is 2.26. The maximum Gasteiger partial charge on any atom is 0.0908 e. The fourth-order valence-corrected chi connectivity index (χ4v) is 3.90. The van der Waals surface area contributed by atoms with Gasteiger partial charge in [0.2, 0.25) is 0 Å². The third-order valence-corrected chi connectivity index (χ3v) is 5.58. The Kier molecular flexibility index (Phi) is 8.67. The highest BCUT2D eigenvalue weighted by atomic mass is 14.3. The van der Waals surface area contributed by atoms with Gasteiger partial charge in [-0.2, -0.15) is 5.26 Å². The van der Waals surface area contributed by atoms with Crippen LogP contribution in [-0.4, -0.2) is 0 Å². The zero-order valence-corrected chi connectivity index (χ0v) is 15.3. The van der Waals surface area contributed by atoms with Gasteiger partial charge in [0.05, 0.1) is 6.07 Å². The molecule has 0 atom stereocenters. The fourth-order valence-electron chi connectivity index (χ4n) is 3.90. The van der Waals surface area contributed by atoms with Crippen LogP contribution in [0.4, 0.5) is 0 Å². The molecule has 24 heavy (non-hydrogen) atoms. The van der Waals surface area contributed by atoms with E-state index in [2.05, 4.69) is 37.3 Å². The Morgan fingerprint density at radius 1 is 0.958 bits per heavy atom. The summed E-state index contributed by atoms with van der Waals surface area (Å²) < 4.78 is 0. The van der Waals surface area contributed by atoms with Crippen molar-refractivity contribution >= 4 is 0 Å². The van der Waals surface area contributed by atoms with E-state index in [1.54, 1.807) is 6.08 Å². The summed E-state index contributed by atoms with van der Waals surface area (Å²) in [5.74, 6) is 1.82. The van der Waals surface area contributed by atoms with Crippen LogP contribution >= 0.6 is 0 Å². The summed E-state index contributed by atoms with van der Waals surface area (Å²) >= 11 is 0. The minimum Gasteiger partial charge on any atom is -0.193 e. The molecular weight excluding hydrogens is 290 g/mol. The average Bonchev–Trinajstić information content (AvgIpc) is 2.64. The number of aryl methyl sites for hydroxylation is 2. The predicted octanol–water partition coefficient (Wildman–Crippen LogP) is 6.63. The molecule has 0 aliphatic heterocycles. The standard InChI is InChI=1S/C23H33N/c1-2-3-7-20-9-13-22(14-10-20)17-18-23-15-11-21(12-16-23)8-5-4-6-19-24/h4,6,9-10,13-14,21,23H,2-3,5,7-8,11-12,15-18H2,1H3/b6-4+. The Balaban J connectivity index is 1.63. The van der Waals surface area contributed by atoms with Crippen molar-refractivity contribution in [2.24, 2.45) is 11.8 Å². The lowest BCUT2D eigenvalue weighted by atomic mass is 9.78. The second kappa shape index (κ2) is 11.1. The van der Waals surface area contributed by atoms with Gasteiger partial charge in [-0.1, -0.05) is 69.4 Å². The van der Waals surface area contributed by atoms with E-state index in [1.807, 2.05) is 6.08 Å². The molecular formula is C23H33N. The first kappa shape index (κ1) is 18.8. The van der Waals surface area contributed by atoms with Crippen LogP contribution in [0.5, 0.6) is 0 Å². The van der Waals surface area contributed by atoms with Gasteiger partial charge in [0.15, 0.2) is 0 Å². The molecule has 2 rings (SSSR count). The number of allylic oxidation sites excluding steroid dienone is 2. The summed E-state index contributed by atoms with van der Waals surface area (Å²) in [6.07, 6.45) is 18.0. The molecule has 1 fully saturated rings. The molecule has 1 aromatic carbocycles. The Hall–Kier alpha value is -1.55. The second-order valence-electron chi connectivity index (χ2n) is 7.45. The van der Waals surface area contributed by atoms with Crippen LogP contribution in [0.1, 0.15) is 75.8 Å². The summed E-state index contributed by atoms with van der Waals surface area (Å²) in [7, 11) is 0. The van der Waals surface area contributed by atoms with Gasteiger partial charge in [0, 0.05) is 6.08 Å². The minimum atomic E-state index is 0.891. The molecule has 1 heteroatoms. The van der Waals surface area contributed by atoms with Crippen molar-refractivity contribution < 1.29 is 0 Å². The summed E-state index contributed by atoms with van der Waals surface area (Å²) in [5.41, 5.74) is 3.01. The van der Waals surface area contributed by atoms with Crippen molar-refractivity contribution in [3.63, 3.8) is 0 Å². The molecule has 0 amide bonds. The first-order valence-corrected chi connectivity index (χ1v) is 9.94. The second-order valence-corrected chi connectivity index (χ2v) is 7.45. The first-order valence-electron chi connectivity index (χ1n) is 9.94. The van der Waals surface area contributed by atoms with Crippen LogP contribution in [0.25, 0.3) is 0 Å². The molecule has 1 aliphatic carbocycles. The lowest BCUT2D eigenvalue weighted by molar-refractivity contribution is 0.254. The molecule has 0 radical (unpaired) electrons. The van der Waals surface area contributed by atoms with Gasteiger partial charge in [-0.05, 0) is 61.5 Å². The van der Waals surface area contributed by atoms with Crippen molar-refractivity contribution in [2.75, 3.05) is 0 Å². The monoisotopic (exact) mass is 323 g/mol. The molecule has 0 unspecified atom stereocenters. The molecule has 130 valence electrons. The number of rotatable bonds is 9. The minimum absolute atomic E-state index is 0.891. The van der Waals surface area contributed by atoms with Crippen molar-refractivity contribution in [1.82, 2.24) is 0 Å². The number of nitriles is 1. The van der Waals surface area contributed by atoms with E-state index >= 15 is 0 Å². The number of hydrogen-bond acceptors (Lipinski definition) is 1. The van der Waals surface area contributed by atoms with Gasteiger partial charge in [-0.3, -0.25) is 0 Å². The van der Waals surface area contributed by atoms with Crippen molar-refractivity contribution in [3.8, 4) is 6.07 Å². The van der Waals surface area contributed by atoms with Crippen LogP contribution in [0, 0.1) is 23.2 Å². The molecule has 0 bridgehead atoms. The molecule has 1 aliphatic rings. The Morgan fingerprint density at radius 3 is 2.12 bits per heavy atom. The third kappa shape index (κ3) is 6.91. The highest BCUT2D eigenvalue weighted by molar-refractivity contribution is 5.22. The lowest BCUT2D eigenvalue weighted by Crippen LogP contribution is -2.15. The predicted molar refractivity (Wildman–Crippen MR) is 103 cm³/mol. The lowest BCUT2D eigenvalue weighted by Gasteiger charge is -2.28. The quantitative estimate of drug-likeness (QED) is 0.468. The van der Waals surface area contributed by atoms with Gasteiger partial charge < -0.3 is 0 Å². The zero-order valence-electron chi connectivity index (χ0n) is 15.3. The van der Waals surface area contributed by atoms with Gasteiger partial charge in [0.1, 0.15) is 0 Å². The highest BCUT2D eigenvalue weighted by Gasteiger charge is 2.20. The van der Waals surface area contributed by atoms with E-state index in [0.717, 1.165) is 18.3 Å². The fraction of sp³-hybridized carbons (Fsp3) is 0.609. The van der Waals surface area contributed by atoms with E-state index in [9.17, 15) is 0 Å². The third-order valence-electron chi connectivity index (χ3n) is 5.58. The van der Waals surface area contributed by atoms with Crippen LogP contribution < -0.4 is 0 Å². The van der Waals surface area contributed by atoms with Gasteiger partial charge in [0.25, 0.3) is 0 Å². The summed E-state index contributed by atoms with van der Waals surface area (Å²) in [5, 5.41) is 8.51. The maximum atomic E-state index is 8.51. The van der Waals surface area contributed by atoms with E-state index in [0.29, 0.717) is 0 Å². The number of benzene rings is 1. The topological polar surface area (TPSA) is 23.8 Å². The molecule has 0 heterocycles. The molecule has 0 aromatic heterocycles. The van der Waals surface area contributed by atoms with E-state index in [-0.39, 0.29) is 0 Å². The van der Waals surface area contributed by atoms with Gasteiger partial charge >= 0.3 is 0 Å². The largest absolute Gasteiger partial charge is 0.193 e. The number of nitrogens with zero attached hydrogens (tertiary/aromatic N) is 1. The smallest absolute Gasteiger partial charge is 0.0908 e. The van der Waals surface area contributed by atoms with Crippen LogP contribution in [0.15, 0.2) is 36.4 Å². The molecule has 0 saturated heterocycles. The summed E-state index contributed by atoms with van der Waals surface area (Å²) in [6, 6.07) is 11.4. The number of unbranched alkanes of at least 4 members (excludes halogenated alkanes) is 1.